The average molecular weight is 296 g/mol. The molecule has 1 aromatic heterocycles. The Kier molecular flexibility index (Phi) is 4.15. The highest BCUT2D eigenvalue weighted by molar-refractivity contribution is 5.82. The molecule has 22 heavy (non-hydrogen) atoms. The molecule has 1 saturated carbocycles. The SMILES string of the molecule is COc1cc2c(=O)c(C#N)c[nH]c2cc1CC1CCCCC1. The number of pyridine rings is 1. The number of rotatable bonds is 3. The highest BCUT2D eigenvalue weighted by atomic mass is 16.5. The molecule has 0 radical (unpaired) electrons. The van der Waals surface area contributed by atoms with E-state index in [2.05, 4.69) is 4.98 Å². The van der Waals surface area contributed by atoms with Crippen molar-refractivity contribution in [1.29, 1.82) is 5.26 Å². The lowest BCUT2D eigenvalue weighted by Gasteiger charge is -2.22. The normalized spacial score (nSPS) is 15.6. The van der Waals surface area contributed by atoms with E-state index in [1.54, 1.807) is 13.2 Å². The third-order valence-electron chi connectivity index (χ3n) is 4.64. The van der Waals surface area contributed by atoms with Crippen molar-refractivity contribution in [1.82, 2.24) is 4.98 Å². The summed E-state index contributed by atoms with van der Waals surface area (Å²) in [4.78, 5) is 15.3. The van der Waals surface area contributed by atoms with Gasteiger partial charge in [0.05, 0.1) is 12.5 Å². The Hall–Kier alpha value is -2.28. The number of hydrogen-bond donors (Lipinski definition) is 1. The van der Waals surface area contributed by atoms with E-state index < -0.39 is 0 Å². The number of aromatic nitrogens is 1. The maximum absolute atomic E-state index is 12.2. The fourth-order valence-electron chi connectivity index (χ4n) is 3.43. The largest absolute Gasteiger partial charge is 0.496 e. The zero-order valence-corrected chi connectivity index (χ0v) is 12.8. The molecule has 1 aliphatic rings. The standard InChI is InChI=1S/C18H20N2O2/c1-22-17-9-15-16(20-11-14(10-19)18(15)21)8-13(17)7-12-5-3-2-4-6-12/h8-9,11-12H,2-7H2,1H3,(H,20,21). The number of nitriles is 1. The smallest absolute Gasteiger partial charge is 0.207 e. The molecule has 3 rings (SSSR count). The van der Waals surface area contributed by atoms with Crippen molar-refractivity contribution in [3.05, 3.63) is 39.7 Å². The van der Waals surface area contributed by atoms with Gasteiger partial charge in [0, 0.05) is 11.7 Å². The number of ether oxygens (including phenoxy) is 1. The van der Waals surface area contributed by atoms with Crippen LogP contribution in [0.3, 0.4) is 0 Å². The Morgan fingerprint density at radius 3 is 2.77 bits per heavy atom. The molecule has 1 heterocycles. The zero-order valence-electron chi connectivity index (χ0n) is 12.8. The van der Waals surface area contributed by atoms with E-state index in [1.807, 2.05) is 12.1 Å². The van der Waals surface area contributed by atoms with Gasteiger partial charge in [0.1, 0.15) is 17.4 Å². The molecule has 114 valence electrons. The van der Waals surface area contributed by atoms with Crippen LogP contribution in [0.4, 0.5) is 0 Å². The van der Waals surface area contributed by atoms with Gasteiger partial charge in [-0.15, -0.1) is 0 Å². The van der Waals surface area contributed by atoms with Crippen LogP contribution < -0.4 is 10.2 Å². The molecule has 0 atom stereocenters. The average Bonchev–Trinajstić information content (AvgIpc) is 2.56. The van der Waals surface area contributed by atoms with Crippen LogP contribution in [0.15, 0.2) is 23.1 Å². The second kappa shape index (κ2) is 6.23. The number of benzene rings is 1. The number of fused-ring (bicyclic) bond motifs is 1. The second-order valence-electron chi connectivity index (χ2n) is 6.06. The summed E-state index contributed by atoms with van der Waals surface area (Å²) in [6, 6.07) is 5.70. The fraction of sp³-hybridized carbons (Fsp3) is 0.444. The van der Waals surface area contributed by atoms with Crippen LogP contribution in [0.5, 0.6) is 5.75 Å². The lowest BCUT2D eigenvalue weighted by molar-refractivity contribution is 0.348. The van der Waals surface area contributed by atoms with Crippen molar-refractivity contribution in [3.8, 4) is 11.8 Å². The van der Waals surface area contributed by atoms with Crippen LogP contribution in [-0.2, 0) is 6.42 Å². The molecular weight excluding hydrogens is 276 g/mol. The van der Waals surface area contributed by atoms with Crippen molar-refractivity contribution >= 4 is 10.9 Å². The van der Waals surface area contributed by atoms with Crippen molar-refractivity contribution < 1.29 is 4.74 Å². The summed E-state index contributed by atoms with van der Waals surface area (Å²) in [5, 5.41) is 9.49. The van der Waals surface area contributed by atoms with Crippen LogP contribution in [-0.4, -0.2) is 12.1 Å². The van der Waals surface area contributed by atoms with Crippen molar-refractivity contribution in [2.24, 2.45) is 5.92 Å². The van der Waals surface area contributed by atoms with Crippen molar-refractivity contribution in [3.63, 3.8) is 0 Å². The van der Waals surface area contributed by atoms with Gasteiger partial charge in [0.25, 0.3) is 0 Å². The summed E-state index contributed by atoms with van der Waals surface area (Å²) in [7, 11) is 1.63. The molecule has 0 unspecified atom stereocenters. The van der Waals surface area contributed by atoms with Crippen molar-refractivity contribution in [2.75, 3.05) is 7.11 Å². The Morgan fingerprint density at radius 2 is 2.09 bits per heavy atom. The highest BCUT2D eigenvalue weighted by Crippen LogP contribution is 2.31. The minimum atomic E-state index is -0.237. The summed E-state index contributed by atoms with van der Waals surface area (Å²) in [5.74, 6) is 1.45. The summed E-state index contributed by atoms with van der Waals surface area (Å²) in [6.07, 6.45) is 8.97. The lowest BCUT2D eigenvalue weighted by Crippen LogP contribution is -2.11. The molecule has 1 aliphatic carbocycles. The maximum Gasteiger partial charge on any atom is 0.207 e. The van der Waals surface area contributed by atoms with Gasteiger partial charge in [0.2, 0.25) is 5.43 Å². The Morgan fingerprint density at radius 1 is 1.32 bits per heavy atom. The third-order valence-corrected chi connectivity index (χ3v) is 4.64. The lowest BCUT2D eigenvalue weighted by atomic mass is 9.84. The first-order chi connectivity index (χ1) is 10.7. The van der Waals surface area contributed by atoms with Gasteiger partial charge in [-0.05, 0) is 30.0 Å². The van der Waals surface area contributed by atoms with Gasteiger partial charge in [-0.1, -0.05) is 32.1 Å². The Labute approximate surface area is 129 Å². The van der Waals surface area contributed by atoms with E-state index in [0.29, 0.717) is 11.3 Å². The summed E-state index contributed by atoms with van der Waals surface area (Å²) in [5.41, 5.74) is 1.81. The molecular formula is C18H20N2O2. The predicted octanol–water partition coefficient (Wildman–Crippen LogP) is 3.53. The van der Waals surface area contributed by atoms with Crippen LogP contribution in [0.2, 0.25) is 0 Å². The molecule has 0 aliphatic heterocycles. The molecule has 0 bridgehead atoms. The highest BCUT2D eigenvalue weighted by Gasteiger charge is 2.17. The number of nitrogens with zero attached hydrogens (tertiary/aromatic N) is 1. The van der Waals surface area contributed by atoms with Crippen LogP contribution in [0.1, 0.15) is 43.2 Å². The topological polar surface area (TPSA) is 65.9 Å². The number of methoxy groups -OCH3 is 1. The molecule has 0 spiro atoms. The van der Waals surface area contributed by atoms with Gasteiger partial charge >= 0.3 is 0 Å². The number of nitrogens with one attached hydrogen (secondary N) is 1. The van der Waals surface area contributed by atoms with E-state index in [0.717, 1.165) is 23.3 Å². The molecule has 1 aromatic carbocycles. The van der Waals surface area contributed by atoms with E-state index in [9.17, 15) is 4.79 Å². The quantitative estimate of drug-likeness (QED) is 0.942. The van der Waals surface area contributed by atoms with Crippen LogP contribution >= 0.6 is 0 Å². The van der Waals surface area contributed by atoms with E-state index in [4.69, 9.17) is 10.00 Å². The summed E-state index contributed by atoms with van der Waals surface area (Å²) >= 11 is 0. The minimum absolute atomic E-state index is 0.134. The zero-order chi connectivity index (χ0) is 15.5. The number of hydrogen-bond acceptors (Lipinski definition) is 3. The number of aromatic amines is 1. The third kappa shape index (κ3) is 2.71. The summed E-state index contributed by atoms with van der Waals surface area (Å²) in [6.45, 7) is 0. The molecule has 4 heteroatoms. The Balaban J connectivity index is 2.03. The van der Waals surface area contributed by atoms with Crippen molar-refractivity contribution in [2.45, 2.75) is 38.5 Å². The predicted molar refractivity (Wildman–Crippen MR) is 86.1 cm³/mol. The van der Waals surface area contributed by atoms with E-state index in [1.165, 1.54) is 38.3 Å². The van der Waals surface area contributed by atoms with E-state index in [-0.39, 0.29) is 11.0 Å². The first-order valence-electron chi connectivity index (χ1n) is 7.85. The molecule has 1 N–H and O–H groups in total. The summed E-state index contributed by atoms with van der Waals surface area (Å²) < 4.78 is 5.49. The Bertz CT molecular complexity index is 780. The monoisotopic (exact) mass is 296 g/mol. The second-order valence-corrected chi connectivity index (χ2v) is 6.06. The van der Waals surface area contributed by atoms with Crippen LogP contribution in [0, 0.1) is 17.2 Å². The fourth-order valence-corrected chi connectivity index (χ4v) is 3.43. The van der Waals surface area contributed by atoms with Crippen LogP contribution in [0.25, 0.3) is 10.9 Å². The molecule has 2 aromatic rings. The van der Waals surface area contributed by atoms with Gasteiger partial charge in [-0.3, -0.25) is 4.79 Å². The first kappa shape index (κ1) is 14.6. The molecule has 0 amide bonds. The number of H-pyrrole nitrogens is 1. The van der Waals surface area contributed by atoms with Gasteiger partial charge in [0.15, 0.2) is 0 Å². The minimum Gasteiger partial charge on any atom is -0.496 e. The molecule has 4 nitrogen and oxygen atoms in total. The van der Waals surface area contributed by atoms with Gasteiger partial charge < -0.3 is 9.72 Å². The van der Waals surface area contributed by atoms with E-state index >= 15 is 0 Å². The first-order valence-corrected chi connectivity index (χ1v) is 7.85. The van der Waals surface area contributed by atoms with Gasteiger partial charge in [-0.25, -0.2) is 0 Å². The maximum atomic E-state index is 12.2. The molecule has 0 saturated heterocycles. The molecule has 1 fully saturated rings. The van der Waals surface area contributed by atoms with Gasteiger partial charge in [-0.2, -0.15) is 5.26 Å².